The predicted octanol–water partition coefficient (Wildman–Crippen LogP) is 3.14. The number of hydrogen-bond donors (Lipinski definition) is 1. The molecule has 1 N–H and O–H groups in total. The van der Waals surface area contributed by atoms with Crippen LogP contribution in [0.2, 0.25) is 0 Å². The third kappa shape index (κ3) is 2.61. The van der Waals surface area contributed by atoms with E-state index in [1.807, 2.05) is 24.3 Å². The molecule has 3 nitrogen and oxygen atoms in total. The number of fused-ring (bicyclic) bond motifs is 1. The normalized spacial score (nSPS) is 20.7. The van der Waals surface area contributed by atoms with E-state index in [1.54, 1.807) is 14.2 Å². The Kier molecular flexibility index (Phi) is 3.84. The minimum atomic E-state index is -0.319. The van der Waals surface area contributed by atoms with Crippen molar-refractivity contribution >= 4 is 0 Å². The standard InChI is InChI=1S/C18H20O3/c1-20-17-9-13-8-14(19)10-15(12-6-4-3-5-7-12)16(13)11-18(17)21-2/h3-7,9,11,14-15,19H,8,10H2,1-2H3/t14-,15+/m1/s1. The molecular formula is C18H20O3. The second-order valence-electron chi connectivity index (χ2n) is 5.46. The van der Waals surface area contributed by atoms with E-state index in [2.05, 4.69) is 18.2 Å². The second kappa shape index (κ2) is 5.78. The van der Waals surface area contributed by atoms with Crippen molar-refractivity contribution in [1.82, 2.24) is 0 Å². The highest BCUT2D eigenvalue weighted by molar-refractivity contribution is 5.52. The van der Waals surface area contributed by atoms with E-state index in [0.717, 1.165) is 23.5 Å². The van der Waals surface area contributed by atoms with E-state index >= 15 is 0 Å². The van der Waals surface area contributed by atoms with Crippen molar-refractivity contribution in [1.29, 1.82) is 0 Å². The van der Waals surface area contributed by atoms with Gasteiger partial charge in [0.05, 0.1) is 20.3 Å². The number of aliphatic hydroxyl groups is 1. The highest BCUT2D eigenvalue weighted by Crippen LogP contribution is 2.41. The van der Waals surface area contributed by atoms with E-state index < -0.39 is 0 Å². The lowest BCUT2D eigenvalue weighted by atomic mass is 9.77. The Morgan fingerprint density at radius 1 is 1.00 bits per heavy atom. The Morgan fingerprint density at radius 3 is 2.33 bits per heavy atom. The fourth-order valence-corrected chi connectivity index (χ4v) is 3.18. The van der Waals surface area contributed by atoms with Crippen molar-refractivity contribution in [3.63, 3.8) is 0 Å². The molecule has 0 heterocycles. The number of ether oxygens (including phenoxy) is 2. The van der Waals surface area contributed by atoms with Crippen LogP contribution in [0, 0.1) is 0 Å². The summed E-state index contributed by atoms with van der Waals surface area (Å²) < 4.78 is 10.8. The molecule has 1 aliphatic carbocycles. The van der Waals surface area contributed by atoms with Crippen molar-refractivity contribution < 1.29 is 14.6 Å². The lowest BCUT2D eigenvalue weighted by molar-refractivity contribution is 0.151. The van der Waals surface area contributed by atoms with Crippen LogP contribution in [0.4, 0.5) is 0 Å². The van der Waals surface area contributed by atoms with Crippen LogP contribution in [0.1, 0.15) is 29.0 Å². The summed E-state index contributed by atoms with van der Waals surface area (Å²) in [5.41, 5.74) is 3.59. The molecule has 0 bridgehead atoms. The minimum Gasteiger partial charge on any atom is -0.493 e. The van der Waals surface area contributed by atoms with Crippen LogP contribution in [-0.2, 0) is 6.42 Å². The smallest absolute Gasteiger partial charge is 0.161 e. The van der Waals surface area contributed by atoms with Crippen LogP contribution in [-0.4, -0.2) is 25.4 Å². The molecule has 2 aromatic rings. The lowest BCUT2D eigenvalue weighted by Gasteiger charge is -2.30. The maximum Gasteiger partial charge on any atom is 0.161 e. The van der Waals surface area contributed by atoms with E-state index in [1.165, 1.54) is 11.1 Å². The molecule has 0 fully saturated rings. The van der Waals surface area contributed by atoms with Gasteiger partial charge < -0.3 is 14.6 Å². The molecule has 0 saturated heterocycles. The molecule has 3 heteroatoms. The maximum atomic E-state index is 10.2. The van der Waals surface area contributed by atoms with Gasteiger partial charge in [0.15, 0.2) is 11.5 Å². The molecule has 0 aliphatic heterocycles. The van der Waals surface area contributed by atoms with Gasteiger partial charge in [-0.1, -0.05) is 30.3 Å². The summed E-state index contributed by atoms with van der Waals surface area (Å²) in [6.07, 6.45) is 1.09. The molecule has 0 radical (unpaired) electrons. The molecule has 2 aromatic carbocycles. The van der Waals surface area contributed by atoms with Gasteiger partial charge in [-0.05, 0) is 41.7 Å². The summed E-state index contributed by atoms with van der Waals surface area (Å²) in [7, 11) is 3.29. The highest BCUT2D eigenvalue weighted by atomic mass is 16.5. The van der Waals surface area contributed by atoms with Crippen molar-refractivity contribution in [2.24, 2.45) is 0 Å². The van der Waals surface area contributed by atoms with Crippen molar-refractivity contribution in [3.8, 4) is 11.5 Å². The Labute approximate surface area is 125 Å². The molecule has 2 atom stereocenters. The van der Waals surface area contributed by atoms with Crippen LogP contribution in [0.5, 0.6) is 11.5 Å². The van der Waals surface area contributed by atoms with Gasteiger partial charge in [0.25, 0.3) is 0 Å². The number of rotatable bonds is 3. The number of aliphatic hydroxyl groups excluding tert-OH is 1. The van der Waals surface area contributed by atoms with Crippen molar-refractivity contribution in [2.75, 3.05) is 14.2 Å². The van der Waals surface area contributed by atoms with Gasteiger partial charge in [0.2, 0.25) is 0 Å². The van der Waals surface area contributed by atoms with Crippen LogP contribution in [0.3, 0.4) is 0 Å². The third-order valence-electron chi connectivity index (χ3n) is 4.19. The first-order valence-electron chi connectivity index (χ1n) is 7.20. The average molecular weight is 284 g/mol. The molecular weight excluding hydrogens is 264 g/mol. The molecule has 0 spiro atoms. The van der Waals surface area contributed by atoms with Gasteiger partial charge in [-0.15, -0.1) is 0 Å². The molecule has 1 aliphatic rings. The van der Waals surface area contributed by atoms with E-state index in [-0.39, 0.29) is 12.0 Å². The molecule has 0 aromatic heterocycles. The Hall–Kier alpha value is -2.00. The first kappa shape index (κ1) is 14.0. The minimum absolute atomic E-state index is 0.199. The zero-order valence-corrected chi connectivity index (χ0v) is 12.4. The number of hydrogen-bond acceptors (Lipinski definition) is 3. The van der Waals surface area contributed by atoms with Gasteiger partial charge in [-0.3, -0.25) is 0 Å². The van der Waals surface area contributed by atoms with Gasteiger partial charge in [0.1, 0.15) is 0 Å². The lowest BCUT2D eigenvalue weighted by Crippen LogP contribution is -2.23. The van der Waals surface area contributed by atoms with Crippen LogP contribution < -0.4 is 9.47 Å². The fraction of sp³-hybridized carbons (Fsp3) is 0.333. The Morgan fingerprint density at radius 2 is 1.67 bits per heavy atom. The van der Waals surface area contributed by atoms with Gasteiger partial charge in [-0.2, -0.15) is 0 Å². The highest BCUT2D eigenvalue weighted by Gasteiger charge is 2.28. The molecule has 0 saturated carbocycles. The SMILES string of the molecule is COc1cc2c(cc1OC)[C@H](c1ccccc1)C[C@H](O)C2. The molecule has 3 rings (SSSR count). The largest absolute Gasteiger partial charge is 0.493 e. The van der Waals surface area contributed by atoms with Gasteiger partial charge >= 0.3 is 0 Å². The molecule has 0 unspecified atom stereocenters. The van der Waals surface area contributed by atoms with Crippen molar-refractivity contribution in [2.45, 2.75) is 24.9 Å². The quantitative estimate of drug-likeness (QED) is 0.941. The third-order valence-corrected chi connectivity index (χ3v) is 4.19. The van der Waals surface area contributed by atoms with Gasteiger partial charge in [0, 0.05) is 5.92 Å². The second-order valence-corrected chi connectivity index (χ2v) is 5.46. The average Bonchev–Trinajstić information content (AvgIpc) is 2.53. The maximum absolute atomic E-state index is 10.2. The first-order chi connectivity index (χ1) is 10.2. The molecule has 0 amide bonds. The fourth-order valence-electron chi connectivity index (χ4n) is 3.18. The number of benzene rings is 2. The van der Waals surface area contributed by atoms with Crippen LogP contribution >= 0.6 is 0 Å². The topological polar surface area (TPSA) is 38.7 Å². The summed E-state index contributed by atoms with van der Waals surface area (Å²) in [6.45, 7) is 0. The van der Waals surface area contributed by atoms with E-state index in [0.29, 0.717) is 6.42 Å². The number of methoxy groups -OCH3 is 2. The monoisotopic (exact) mass is 284 g/mol. The molecule has 21 heavy (non-hydrogen) atoms. The predicted molar refractivity (Wildman–Crippen MR) is 82.2 cm³/mol. The van der Waals surface area contributed by atoms with Gasteiger partial charge in [-0.25, -0.2) is 0 Å². The zero-order valence-electron chi connectivity index (χ0n) is 12.4. The van der Waals surface area contributed by atoms with E-state index in [4.69, 9.17) is 9.47 Å². The Bertz CT molecular complexity index is 622. The summed E-state index contributed by atoms with van der Waals surface area (Å²) in [5, 5.41) is 10.2. The Balaban J connectivity index is 2.11. The summed E-state index contributed by atoms with van der Waals surface area (Å²) in [5.74, 6) is 1.66. The zero-order chi connectivity index (χ0) is 14.8. The first-order valence-corrected chi connectivity index (χ1v) is 7.20. The summed E-state index contributed by atoms with van der Waals surface area (Å²) in [4.78, 5) is 0. The van der Waals surface area contributed by atoms with Crippen molar-refractivity contribution in [3.05, 3.63) is 59.2 Å². The summed E-state index contributed by atoms with van der Waals surface area (Å²) >= 11 is 0. The molecule has 110 valence electrons. The van der Waals surface area contributed by atoms with E-state index in [9.17, 15) is 5.11 Å². The summed E-state index contributed by atoms with van der Waals surface area (Å²) in [6, 6.07) is 14.4. The van der Waals surface area contributed by atoms with Crippen LogP contribution in [0.25, 0.3) is 0 Å². The van der Waals surface area contributed by atoms with Crippen LogP contribution in [0.15, 0.2) is 42.5 Å².